The van der Waals surface area contributed by atoms with Crippen LogP contribution < -0.4 is 0 Å². The van der Waals surface area contributed by atoms with Crippen molar-refractivity contribution in [3.05, 3.63) is 0 Å². The zero-order chi connectivity index (χ0) is 6.57. The molecule has 0 spiro atoms. The molecule has 0 amide bonds. The molecule has 0 fully saturated rings. The van der Waals surface area contributed by atoms with Crippen molar-refractivity contribution in [2.75, 3.05) is 0 Å². The van der Waals surface area contributed by atoms with Gasteiger partial charge in [0, 0.05) is 0 Å². The fourth-order valence-corrected chi connectivity index (χ4v) is 0.246. The summed E-state index contributed by atoms with van der Waals surface area (Å²) in [7, 11) is 0. The Morgan fingerprint density at radius 2 is 2.38 bits per heavy atom. The van der Waals surface area contributed by atoms with E-state index in [-0.39, 0.29) is 5.78 Å². The second-order valence-electron chi connectivity index (χ2n) is 1.34. The molecule has 0 aliphatic carbocycles. The predicted molar refractivity (Wildman–Crippen MR) is 28.6 cm³/mol. The summed E-state index contributed by atoms with van der Waals surface area (Å²) in [5.74, 6) is 0.920. The van der Waals surface area contributed by atoms with E-state index in [9.17, 15) is 4.79 Å². The first kappa shape index (κ1) is 6.72. The SMILES string of the molecule is C#CC(C#N)C(C)=O. The summed E-state index contributed by atoms with van der Waals surface area (Å²) in [4.78, 5) is 10.2. The van der Waals surface area contributed by atoms with E-state index in [1.807, 2.05) is 5.92 Å². The Morgan fingerprint density at radius 1 is 1.88 bits per heavy atom. The summed E-state index contributed by atoms with van der Waals surface area (Å²) < 4.78 is 0. The van der Waals surface area contributed by atoms with Crippen LogP contribution in [0.1, 0.15) is 6.92 Å². The van der Waals surface area contributed by atoms with Gasteiger partial charge in [0.1, 0.15) is 0 Å². The van der Waals surface area contributed by atoms with Crippen molar-refractivity contribution in [3.63, 3.8) is 0 Å². The quantitative estimate of drug-likeness (QED) is 0.453. The highest BCUT2D eigenvalue weighted by molar-refractivity contribution is 5.83. The molecule has 0 bridgehead atoms. The van der Waals surface area contributed by atoms with Crippen molar-refractivity contribution in [3.8, 4) is 18.4 Å². The van der Waals surface area contributed by atoms with Gasteiger partial charge in [0.05, 0.1) is 6.07 Å². The standard InChI is InChI=1S/C6H5NO/c1-3-6(4-7)5(2)8/h1,6H,2H3. The molecule has 0 radical (unpaired) electrons. The van der Waals surface area contributed by atoms with Gasteiger partial charge in [-0.2, -0.15) is 5.26 Å². The fourth-order valence-electron chi connectivity index (χ4n) is 0.246. The molecule has 0 saturated heterocycles. The van der Waals surface area contributed by atoms with Crippen LogP contribution in [-0.2, 0) is 4.79 Å². The molecule has 0 saturated carbocycles. The van der Waals surface area contributed by atoms with Gasteiger partial charge in [0.25, 0.3) is 0 Å². The van der Waals surface area contributed by atoms with Gasteiger partial charge in [-0.1, -0.05) is 5.92 Å². The summed E-state index contributed by atoms with van der Waals surface area (Å²) >= 11 is 0. The topological polar surface area (TPSA) is 40.9 Å². The summed E-state index contributed by atoms with van der Waals surface area (Å²) in [5, 5.41) is 8.08. The van der Waals surface area contributed by atoms with Crippen molar-refractivity contribution < 1.29 is 4.79 Å². The van der Waals surface area contributed by atoms with Crippen molar-refractivity contribution in [2.24, 2.45) is 5.92 Å². The van der Waals surface area contributed by atoms with Crippen molar-refractivity contribution in [2.45, 2.75) is 6.92 Å². The molecule has 0 N–H and O–H groups in total. The number of carbonyl (C=O) groups is 1. The molecule has 8 heavy (non-hydrogen) atoms. The van der Waals surface area contributed by atoms with Crippen LogP contribution in [0, 0.1) is 29.6 Å². The van der Waals surface area contributed by atoms with Crippen molar-refractivity contribution in [1.82, 2.24) is 0 Å². The van der Waals surface area contributed by atoms with E-state index >= 15 is 0 Å². The second-order valence-corrected chi connectivity index (χ2v) is 1.34. The minimum absolute atomic E-state index is 0.269. The molecular formula is C6H5NO. The summed E-state index contributed by atoms with van der Waals surface area (Å²) in [6.45, 7) is 1.30. The molecular weight excluding hydrogens is 102 g/mol. The number of rotatable bonds is 1. The van der Waals surface area contributed by atoms with E-state index in [0.29, 0.717) is 0 Å². The Hall–Kier alpha value is -1.28. The van der Waals surface area contributed by atoms with E-state index < -0.39 is 5.92 Å². The fraction of sp³-hybridized carbons (Fsp3) is 0.333. The molecule has 1 unspecified atom stereocenters. The van der Waals surface area contributed by atoms with Crippen LogP contribution in [0.15, 0.2) is 0 Å². The monoisotopic (exact) mass is 107 g/mol. The molecule has 0 aromatic carbocycles. The molecule has 2 heteroatoms. The van der Waals surface area contributed by atoms with Gasteiger partial charge < -0.3 is 0 Å². The number of ketones is 1. The van der Waals surface area contributed by atoms with Gasteiger partial charge in [-0.25, -0.2) is 0 Å². The third kappa shape index (κ3) is 1.45. The molecule has 0 heterocycles. The average molecular weight is 107 g/mol. The van der Waals surface area contributed by atoms with Gasteiger partial charge in [0.2, 0.25) is 0 Å². The lowest BCUT2D eigenvalue weighted by Crippen LogP contribution is -2.03. The van der Waals surface area contributed by atoms with Crippen LogP contribution in [-0.4, -0.2) is 5.78 Å². The lowest BCUT2D eigenvalue weighted by Gasteiger charge is -1.87. The van der Waals surface area contributed by atoms with Crippen LogP contribution in [0.4, 0.5) is 0 Å². The van der Waals surface area contributed by atoms with Crippen LogP contribution >= 0.6 is 0 Å². The lowest BCUT2D eigenvalue weighted by molar-refractivity contribution is -0.117. The minimum atomic E-state index is -0.852. The van der Waals surface area contributed by atoms with Crippen LogP contribution in [0.25, 0.3) is 0 Å². The third-order valence-corrected chi connectivity index (χ3v) is 0.702. The zero-order valence-electron chi connectivity index (χ0n) is 4.51. The minimum Gasteiger partial charge on any atom is -0.297 e. The molecule has 1 atom stereocenters. The Labute approximate surface area is 48.1 Å². The van der Waals surface area contributed by atoms with Gasteiger partial charge in [-0.3, -0.25) is 4.79 Å². The molecule has 40 valence electrons. The third-order valence-electron chi connectivity index (χ3n) is 0.702. The van der Waals surface area contributed by atoms with Gasteiger partial charge in [-0.05, 0) is 6.92 Å². The van der Waals surface area contributed by atoms with Crippen molar-refractivity contribution >= 4 is 5.78 Å². The smallest absolute Gasteiger partial charge is 0.164 e. The van der Waals surface area contributed by atoms with Crippen LogP contribution in [0.2, 0.25) is 0 Å². The molecule has 0 aromatic rings. The maximum absolute atomic E-state index is 10.2. The summed E-state index contributed by atoms with van der Waals surface area (Å²) in [5.41, 5.74) is 0. The predicted octanol–water partition coefficient (Wildman–Crippen LogP) is 0.348. The number of carbonyl (C=O) groups excluding carboxylic acids is 1. The molecule has 0 aliphatic heterocycles. The van der Waals surface area contributed by atoms with Crippen LogP contribution in [0.5, 0.6) is 0 Å². The second kappa shape index (κ2) is 2.82. The molecule has 2 nitrogen and oxygen atoms in total. The number of nitriles is 1. The van der Waals surface area contributed by atoms with E-state index in [2.05, 4.69) is 0 Å². The van der Waals surface area contributed by atoms with Gasteiger partial charge in [0.15, 0.2) is 11.7 Å². The van der Waals surface area contributed by atoms with E-state index in [4.69, 9.17) is 11.7 Å². The van der Waals surface area contributed by atoms with Gasteiger partial charge >= 0.3 is 0 Å². The molecule has 0 aliphatic rings. The number of hydrogen-bond donors (Lipinski definition) is 0. The first-order valence-corrected chi connectivity index (χ1v) is 2.08. The first-order chi connectivity index (χ1) is 3.72. The Kier molecular flexibility index (Phi) is 2.37. The number of hydrogen-bond acceptors (Lipinski definition) is 2. The maximum Gasteiger partial charge on any atom is 0.164 e. The van der Waals surface area contributed by atoms with E-state index in [0.717, 1.165) is 0 Å². The van der Waals surface area contributed by atoms with Crippen molar-refractivity contribution in [1.29, 1.82) is 5.26 Å². The highest BCUT2D eigenvalue weighted by Gasteiger charge is 2.06. The molecule has 0 rings (SSSR count). The first-order valence-electron chi connectivity index (χ1n) is 2.08. The largest absolute Gasteiger partial charge is 0.297 e. The highest BCUT2D eigenvalue weighted by atomic mass is 16.1. The normalized spacial score (nSPS) is 10.9. The average Bonchev–Trinajstić information content (AvgIpc) is 1.69. The highest BCUT2D eigenvalue weighted by Crippen LogP contribution is 1.90. The Balaban J connectivity index is 4.02. The lowest BCUT2D eigenvalue weighted by atomic mass is 10.1. The maximum atomic E-state index is 10.2. The van der Waals surface area contributed by atoms with Gasteiger partial charge in [-0.15, -0.1) is 6.42 Å². The van der Waals surface area contributed by atoms with Crippen LogP contribution in [0.3, 0.4) is 0 Å². The number of nitrogens with zero attached hydrogens (tertiary/aromatic N) is 1. The Bertz CT molecular complexity index is 156. The Morgan fingerprint density at radius 3 is 2.38 bits per heavy atom. The number of terminal acetylenes is 1. The van der Waals surface area contributed by atoms with E-state index in [1.54, 1.807) is 6.07 Å². The number of Topliss-reactive ketones (excluding diaryl/α,β-unsaturated/α-hetero) is 1. The summed E-state index contributed by atoms with van der Waals surface area (Å²) in [6.07, 6.45) is 4.79. The summed E-state index contributed by atoms with van der Waals surface area (Å²) in [6, 6.07) is 1.67. The molecule has 0 aromatic heterocycles. The zero-order valence-corrected chi connectivity index (χ0v) is 4.51. The van der Waals surface area contributed by atoms with E-state index in [1.165, 1.54) is 6.92 Å².